The first-order valence-electron chi connectivity index (χ1n) is 6.68. The molecule has 128 valence electrons. The van der Waals surface area contributed by atoms with Crippen LogP contribution < -0.4 is 10.0 Å². The third kappa shape index (κ3) is 3.20. The average Bonchev–Trinajstić information content (AvgIpc) is 3.06. The molecule has 7 nitrogen and oxygen atoms in total. The number of hydrogen-bond donors (Lipinski definition) is 2. The minimum atomic E-state index is -4.51. The predicted molar refractivity (Wildman–Crippen MR) is 76.7 cm³/mol. The molecule has 1 aliphatic rings. The predicted octanol–water partition coefficient (Wildman–Crippen LogP) is 1.49. The second-order valence-electron chi connectivity index (χ2n) is 5.11. The van der Waals surface area contributed by atoms with E-state index < -0.39 is 27.6 Å². The lowest BCUT2D eigenvalue weighted by atomic mass is 10.1. The molecule has 2 N–H and O–H groups in total. The molecule has 1 aliphatic heterocycles. The van der Waals surface area contributed by atoms with Crippen LogP contribution in [0.1, 0.15) is 15.9 Å². The number of nitrogens with zero attached hydrogens (tertiary/aromatic N) is 2. The third-order valence-electron chi connectivity index (χ3n) is 3.35. The highest BCUT2D eigenvalue weighted by Gasteiger charge is 2.30. The first-order valence-corrected chi connectivity index (χ1v) is 8.16. The number of rotatable bonds is 4. The van der Waals surface area contributed by atoms with Gasteiger partial charge < -0.3 is 5.32 Å². The maximum Gasteiger partial charge on any atom is 0.408 e. The molecule has 0 aliphatic carbocycles. The summed E-state index contributed by atoms with van der Waals surface area (Å²) in [4.78, 5) is 11.2. The van der Waals surface area contributed by atoms with Gasteiger partial charge in [0.05, 0.1) is 11.9 Å². The van der Waals surface area contributed by atoms with E-state index in [0.29, 0.717) is 15.8 Å². The Morgan fingerprint density at radius 3 is 2.79 bits per heavy atom. The quantitative estimate of drug-likeness (QED) is 0.864. The monoisotopic (exact) mass is 360 g/mol. The van der Waals surface area contributed by atoms with Crippen LogP contribution in [-0.2, 0) is 23.1 Å². The van der Waals surface area contributed by atoms with E-state index in [-0.39, 0.29) is 18.1 Å². The minimum absolute atomic E-state index is 0.167. The summed E-state index contributed by atoms with van der Waals surface area (Å²) in [5.41, 5.74) is 1.02. The number of nitrogens with one attached hydrogen (secondary N) is 2. The SMILES string of the molecule is O=C1NCc2c(NS(=O)(=O)c3cnn(CC(F)(F)F)c3)cccc21. The van der Waals surface area contributed by atoms with Gasteiger partial charge in [0.1, 0.15) is 11.4 Å². The lowest BCUT2D eigenvalue weighted by molar-refractivity contribution is -0.142. The molecule has 11 heteroatoms. The van der Waals surface area contributed by atoms with Crippen LogP contribution in [0.4, 0.5) is 18.9 Å². The summed E-state index contributed by atoms with van der Waals surface area (Å²) >= 11 is 0. The number of halogens is 3. The Kier molecular flexibility index (Phi) is 3.74. The van der Waals surface area contributed by atoms with Gasteiger partial charge in [0.2, 0.25) is 0 Å². The zero-order valence-electron chi connectivity index (χ0n) is 12.0. The van der Waals surface area contributed by atoms with E-state index in [2.05, 4.69) is 15.1 Å². The van der Waals surface area contributed by atoms with Crippen molar-refractivity contribution in [3.8, 4) is 0 Å². The molecule has 0 saturated carbocycles. The number of fused-ring (bicyclic) bond motifs is 1. The number of carbonyl (C=O) groups is 1. The van der Waals surface area contributed by atoms with Crippen LogP contribution in [0.15, 0.2) is 35.5 Å². The summed E-state index contributed by atoms with van der Waals surface area (Å²) < 4.78 is 64.3. The van der Waals surface area contributed by atoms with E-state index in [1.54, 1.807) is 6.07 Å². The topological polar surface area (TPSA) is 93.1 Å². The molecule has 0 fully saturated rings. The molecule has 1 amide bonds. The Bertz CT molecular complexity index is 905. The van der Waals surface area contributed by atoms with Gasteiger partial charge in [0, 0.05) is 23.9 Å². The van der Waals surface area contributed by atoms with Gasteiger partial charge in [-0.15, -0.1) is 0 Å². The van der Waals surface area contributed by atoms with Crippen molar-refractivity contribution in [2.75, 3.05) is 4.72 Å². The van der Waals surface area contributed by atoms with Crippen molar-refractivity contribution in [1.82, 2.24) is 15.1 Å². The van der Waals surface area contributed by atoms with Gasteiger partial charge in [-0.25, -0.2) is 8.42 Å². The van der Waals surface area contributed by atoms with Crippen molar-refractivity contribution >= 4 is 21.6 Å². The highest BCUT2D eigenvalue weighted by molar-refractivity contribution is 7.92. The van der Waals surface area contributed by atoms with Gasteiger partial charge in [0.25, 0.3) is 15.9 Å². The Labute approximate surface area is 134 Å². The molecule has 1 aromatic carbocycles. The van der Waals surface area contributed by atoms with Gasteiger partial charge in [-0.1, -0.05) is 6.07 Å². The average molecular weight is 360 g/mol. The molecule has 24 heavy (non-hydrogen) atoms. The number of benzene rings is 1. The molecule has 2 heterocycles. The van der Waals surface area contributed by atoms with E-state index in [1.165, 1.54) is 12.1 Å². The van der Waals surface area contributed by atoms with E-state index in [4.69, 9.17) is 0 Å². The second-order valence-corrected chi connectivity index (χ2v) is 6.79. The molecular weight excluding hydrogens is 349 g/mol. The number of hydrogen-bond acceptors (Lipinski definition) is 4. The molecule has 0 spiro atoms. The molecule has 3 rings (SSSR count). The van der Waals surface area contributed by atoms with E-state index >= 15 is 0 Å². The largest absolute Gasteiger partial charge is 0.408 e. The zero-order chi connectivity index (χ0) is 17.5. The summed E-state index contributed by atoms with van der Waals surface area (Å²) in [6, 6.07) is 4.53. The van der Waals surface area contributed by atoms with Crippen LogP contribution in [0.2, 0.25) is 0 Å². The summed E-state index contributed by atoms with van der Waals surface area (Å²) in [5, 5.41) is 5.97. The molecule has 0 unspecified atom stereocenters. The Balaban J connectivity index is 1.87. The van der Waals surface area contributed by atoms with Gasteiger partial charge in [-0.3, -0.25) is 14.2 Å². The van der Waals surface area contributed by atoms with Crippen molar-refractivity contribution < 1.29 is 26.4 Å². The fourth-order valence-corrected chi connectivity index (χ4v) is 3.35. The number of amides is 1. The van der Waals surface area contributed by atoms with Crippen molar-refractivity contribution in [2.24, 2.45) is 0 Å². The number of anilines is 1. The van der Waals surface area contributed by atoms with E-state index in [9.17, 15) is 26.4 Å². The highest BCUT2D eigenvalue weighted by Crippen LogP contribution is 2.26. The molecule has 0 atom stereocenters. The van der Waals surface area contributed by atoms with Crippen LogP contribution in [-0.4, -0.2) is 30.3 Å². The van der Waals surface area contributed by atoms with Crippen molar-refractivity contribution in [3.05, 3.63) is 41.7 Å². The Morgan fingerprint density at radius 2 is 2.08 bits per heavy atom. The smallest absolute Gasteiger partial charge is 0.348 e. The zero-order valence-corrected chi connectivity index (χ0v) is 12.8. The molecular formula is C13H11F3N4O3S. The lowest BCUT2D eigenvalue weighted by Crippen LogP contribution is -2.18. The molecule has 0 saturated heterocycles. The van der Waals surface area contributed by atoms with E-state index in [1.807, 2.05) is 0 Å². The first kappa shape index (κ1) is 16.3. The third-order valence-corrected chi connectivity index (χ3v) is 4.67. The van der Waals surface area contributed by atoms with Gasteiger partial charge in [-0.2, -0.15) is 18.3 Å². The Morgan fingerprint density at radius 1 is 1.33 bits per heavy atom. The van der Waals surface area contributed by atoms with Gasteiger partial charge in [-0.05, 0) is 12.1 Å². The van der Waals surface area contributed by atoms with Gasteiger partial charge >= 0.3 is 6.18 Å². The molecule has 0 bridgehead atoms. The number of alkyl halides is 3. The normalized spacial score (nSPS) is 14.4. The van der Waals surface area contributed by atoms with E-state index in [0.717, 1.165) is 12.4 Å². The molecule has 2 aromatic rings. The summed E-state index contributed by atoms with van der Waals surface area (Å²) in [5.74, 6) is -0.316. The number of carbonyl (C=O) groups excluding carboxylic acids is 1. The van der Waals surface area contributed by atoms with Crippen molar-refractivity contribution in [2.45, 2.75) is 24.2 Å². The van der Waals surface area contributed by atoms with Crippen LogP contribution in [0.25, 0.3) is 0 Å². The minimum Gasteiger partial charge on any atom is -0.348 e. The fourth-order valence-electron chi connectivity index (χ4n) is 2.31. The highest BCUT2D eigenvalue weighted by atomic mass is 32.2. The van der Waals surface area contributed by atoms with Crippen LogP contribution in [0, 0.1) is 0 Å². The Hall–Kier alpha value is -2.56. The van der Waals surface area contributed by atoms with Crippen molar-refractivity contribution in [3.63, 3.8) is 0 Å². The molecule has 0 radical (unpaired) electrons. The fraction of sp³-hybridized carbons (Fsp3) is 0.231. The number of aromatic nitrogens is 2. The van der Waals surface area contributed by atoms with Gasteiger partial charge in [0.15, 0.2) is 0 Å². The maximum absolute atomic E-state index is 12.3. The standard InChI is InChI=1S/C13H11F3N4O3S/c14-13(15,16)7-20-6-8(4-18-20)24(22,23)19-11-3-1-2-9-10(11)5-17-12(9)21/h1-4,6,19H,5,7H2,(H,17,21). The lowest BCUT2D eigenvalue weighted by Gasteiger charge is -2.10. The van der Waals surface area contributed by atoms with Crippen LogP contribution in [0.5, 0.6) is 0 Å². The van der Waals surface area contributed by atoms with Crippen LogP contribution >= 0.6 is 0 Å². The maximum atomic E-state index is 12.3. The molecule has 1 aromatic heterocycles. The van der Waals surface area contributed by atoms with Crippen molar-refractivity contribution in [1.29, 1.82) is 0 Å². The summed E-state index contributed by atoms with van der Waals surface area (Å²) in [6.07, 6.45) is -2.88. The van der Waals surface area contributed by atoms with Crippen LogP contribution in [0.3, 0.4) is 0 Å². The first-order chi connectivity index (χ1) is 11.2. The summed E-state index contributed by atoms with van der Waals surface area (Å²) in [7, 11) is -4.13. The summed E-state index contributed by atoms with van der Waals surface area (Å²) in [6.45, 7) is -1.22. The number of sulfonamides is 1. The second kappa shape index (κ2) is 5.51.